The number of rotatable bonds is 3. The molecule has 1 nitrogen and oxygen atoms in total. The van der Waals surface area contributed by atoms with Gasteiger partial charge in [-0.25, -0.2) is 0 Å². The van der Waals surface area contributed by atoms with E-state index in [2.05, 4.69) is 47.1 Å². The van der Waals surface area contributed by atoms with Crippen LogP contribution in [0.2, 0.25) is 0 Å². The summed E-state index contributed by atoms with van der Waals surface area (Å²) in [4.78, 5) is 0. The van der Waals surface area contributed by atoms with Gasteiger partial charge in [0.2, 0.25) is 0 Å². The van der Waals surface area contributed by atoms with E-state index in [1.165, 1.54) is 24.8 Å². The molecular weight excluding hydrogens is 286 g/mol. The lowest BCUT2D eigenvalue weighted by molar-refractivity contribution is 0.194. The monoisotopic (exact) mass is 305 g/mol. The smallest absolute Gasteiger partial charge is 0.0693 e. The molecule has 0 saturated heterocycles. The van der Waals surface area contributed by atoms with Crippen LogP contribution in [-0.4, -0.2) is 0 Å². The number of nitriles is 1. The molecule has 2 atom stereocenters. The average Bonchev–Trinajstić information content (AvgIpc) is 2.42. The van der Waals surface area contributed by atoms with E-state index in [4.69, 9.17) is 0 Å². The second-order valence-electron chi connectivity index (χ2n) is 5.53. The summed E-state index contributed by atoms with van der Waals surface area (Å²) in [6.07, 6.45) is 6.73. The van der Waals surface area contributed by atoms with Gasteiger partial charge in [-0.1, -0.05) is 60.3 Å². The lowest BCUT2D eigenvalue weighted by atomic mass is 9.67. The van der Waals surface area contributed by atoms with Crippen molar-refractivity contribution in [2.75, 3.05) is 0 Å². The maximum absolute atomic E-state index is 9.64. The summed E-state index contributed by atoms with van der Waals surface area (Å²) in [7, 11) is 0. The molecule has 0 bridgehead atoms. The maximum atomic E-state index is 9.64. The lowest BCUT2D eigenvalue weighted by Gasteiger charge is -2.35. The zero-order chi connectivity index (χ0) is 13.0. The predicted octanol–water partition coefficient (Wildman–Crippen LogP) is 5.10. The molecule has 0 aliphatic heterocycles. The van der Waals surface area contributed by atoms with Crippen LogP contribution < -0.4 is 0 Å². The SMILES string of the molecule is CCC1CCCC(C#N)(Cc2ccccc2Br)C1. The summed E-state index contributed by atoms with van der Waals surface area (Å²) in [5.74, 6) is 0.737. The van der Waals surface area contributed by atoms with E-state index in [-0.39, 0.29) is 5.41 Å². The Morgan fingerprint density at radius 2 is 2.22 bits per heavy atom. The molecule has 0 N–H and O–H groups in total. The van der Waals surface area contributed by atoms with Crippen molar-refractivity contribution in [2.24, 2.45) is 11.3 Å². The second kappa shape index (κ2) is 5.89. The molecule has 1 aliphatic rings. The number of hydrogen-bond donors (Lipinski definition) is 0. The molecule has 1 aromatic rings. The van der Waals surface area contributed by atoms with Crippen LogP contribution in [0.4, 0.5) is 0 Å². The van der Waals surface area contributed by atoms with Crippen LogP contribution in [0.3, 0.4) is 0 Å². The summed E-state index contributed by atoms with van der Waals surface area (Å²) in [5.41, 5.74) is 1.14. The Morgan fingerprint density at radius 3 is 2.89 bits per heavy atom. The largest absolute Gasteiger partial charge is 0.198 e. The van der Waals surface area contributed by atoms with E-state index in [0.717, 1.165) is 29.7 Å². The van der Waals surface area contributed by atoms with Crippen LogP contribution in [0.15, 0.2) is 28.7 Å². The zero-order valence-electron chi connectivity index (χ0n) is 11.0. The van der Waals surface area contributed by atoms with E-state index in [1.807, 2.05) is 6.07 Å². The first-order chi connectivity index (χ1) is 8.69. The summed E-state index contributed by atoms with van der Waals surface area (Å²) in [6.45, 7) is 2.25. The van der Waals surface area contributed by atoms with Gasteiger partial charge in [0.1, 0.15) is 0 Å². The van der Waals surface area contributed by atoms with E-state index >= 15 is 0 Å². The molecule has 0 amide bonds. The Hall–Kier alpha value is -0.810. The van der Waals surface area contributed by atoms with Gasteiger partial charge in [-0.05, 0) is 36.8 Å². The minimum atomic E-state index is -0.136. The standard InChI is InChI=1S/C16H20BrN/c1-2-13-6-5-9-16(10-13,12-18)11-14-7-3-4-8-15(14)17/h3-4,7-8,13H,2,5-6,9-11H2,1H3. The van der Waals surface area contributed by atoms with Crippen molar-refractivity contribution in [1.29, 1.82) is 5.26 Å². The molecule has 1 aromatic carbocycles. The van der Waals surface area contributed by atoms with Crippen molar-refractivity contribution in [1.82, 2.24) is 0 Å². The van der Waals surface area contributed by atoms with Crippen LogP contribution in [-0.2, 0) is 6.42 Å². The first-order valence-corrected chi connectivity index (χ1v) is 7.63. The first kappa shape index (κ1) is 13.6. The third-order valence-electron chi connectivity index (χ3n) is 4.25. The summed E-state index contributed by atoms with van der Waals surface area (Å²) in [5, 5.41) is 9.64. The van der Waals surface area contributed by atoms with Gasteiger partial charge in [0, 0.05) is 4.47 Å². The molecule has 1 fully saturated rings. The van der Waals surface area contributed by atoms with Crippen molar-refractivity contribution in [3.05, 3.63) is 34.3 Å². The van der Waals surface area contributed by atoms with Crippen LogP contribution in [0.5, 0.6) is 0 Å². The highest BCUT2D eigenvalue weighted by Crippen LogP contribution is 2.43. The normalized spacial score (nSPS) is 27.7. The van der Waals surface area contributed by atoms with Gasteiger partial charge in [0.25, 0.3) is 0 Å². The Morgan fingerprint density at radius 1 is 1.44 bits per heavy atom. The maximum Gasteiger partial charge on any atom is 0.0693 e. The van der Waals surface area contributed by atoms with Gasteiger partial charge >= 0.3 is 0 Å². The third kappa shape index (κ3) is 2.95. The van der Waals surface area contributed by atoms with Gasteiger partial charge in [0.05, 0.1) is 11.5 Å². The molecule has 0 spiro atoms. The zero-order valence-corrected chi connectivity index (χ0v) is 12.5. The summed E-state index contributed by atoms with van der Waals surface area (Å²) in [6, 6.07) is 10.9. The quantitative estimate of drug-likeness (QED) is 0.762. The summed E-state index contributed by atoms with van der Waals surface area (Å²) < 4.78 is 1.14. The highest BCUT2D eigenvalue weighted by atomic mass is 79.9. The number of nitrogens with zero attached hydrogens (tertiary/aromatic N) is 1. The first-order valence-electron chi connectivity index (χ1n) is 6.84. The minimum absolute atomic E-state index is 0.136. The average molecular weight is 306 g/mol. The highest BCUT2D eigenvalue weighted by molar-refractivity contribution is 9.10. The minimum Gasteiger partial charge on any atom is -0.198 e. The fraction of sp³-hybridized carbons (Fsp3) is 0.562. The van der Waals surface area contributed by atoms with Gasteiger partial charge in [-0.15, -0.1) is 0 Å². The molecule has 2 unspecified atom stereocenters. The molecular formula is C16H20BrN. The van der Waals surface area contributed by atoms with E-state index in [9.17, 15) is 5.26 Å². The number of halogens is 1. The molecule has 18 heavy (non-hydrogen) atoms. The number of benzene rings is 1. The fourth-order valence-corrected chi connectivity index (χ4v) is 3.57. The molecule has 2 rings (SSSR count). The Balaban J connectivity index is 2.19. The van der Waals surface area contributed by atoms with Crippen molar-refractivity contribution in [2.45, 2.75) is 45.4 Å². The molecule has 96 valence electrons. The fourth-order valence-electron chi connectivity index (χ4n) is 3.14. The number of hydrogen-bond acceptors (Lipinski definition) is 1. The molecule has 0 heterocycles. The van der Waals surface area contributed by atoms with Gasteiger partial charge in [-0.3, -0.25) is 0 Å². The Labute approximate surface area is 118 Å². The predicted molar refractivity (Wildman–Crippen MR) is 78.1 cm³/mol. The van der Waals surface area contributed by atoms with Crippen LogP contribution in [0.1, 0.15) is 44.6 Å². The molecule has 0 radical (unpaired) electrons. The van der Waals surface area contributed by atoms with Gasteiger partial charge in [0.15, 0.2) is 0 Å². The highest BCUT2D eigenvalue weighted by Gasteiger charge is 2.36. The van der Waals surface area contributed by atoms with Crippen molar-refractivity contribution < 1.29 is 0 Å². The molecule has 1 aliphatic carbocycles. The van der Waals surface area contributed by atoms with Crippen LogP contribution in [0.25, 0.3) is 0 Å². The van der Waals surface area contributed by atoms with Crippen molar-refractivity contribution in [3.8, 4) is 6.07 Å². The molecule has 1 saturated carbocycles. The van der Waals surface area contributed by atoms with Crippen molar-refractivity contribution >= 4 is 15.9 Å². The van der Waals surface area contributed by atoms with E-state index < -0.39 is 0 Å². The molecule has 2 heteroatoms. The van der Waals surface area contributed by atoms with Crippen molar-refractivity contribution in [3.63, 3.8) is 0 Å². The second-order valence-corrected chi connectivity index (χ2v) is 6.39. The Kier molecular flexibility index (Phi) is 4.45. The van der Waals surface area contributed by atoms with E-state index in [0.29, 0.717) is 0 Å². The molecule has 0 aromatic heterocycles. The lowest BCUT2D eigenvalue weighted by Crippen LogP contribution is -2.29. The van der Waals surface area contributed by atoms with E-state index in [1.54, 1.807) is 0 Å². The topological polar surface area (TPSA) is 23.8 Å². The van der Waals surface area contributed by atoms with Gasteiger partial charge < -0.3 is 0 Å². The van der Waals surface area contributed by atoms with Crippen LogP contribution >= 0.6 is 15.9 Å². The third-order valence-corrected chi connectivity index (χ3v) is 5.02. The van der Waals surface area contributed by atoms with Crippen LogP contribution in [0, 0.1) is 22.7 Å². The summed E-state index contributed by atoms with van der Waals surface area (Å²) >= 11 is 3.60. The van der Waals surface area contributed by atoms with Gasteiger partial charge in [-0.2, -0.15) is 5.26 Å². The Bertz CT molecular complexity index is 449.